The second-order valence-electron chi connectivity index (χ2n) is 5.32. The van der Waals surface area contributed by atoms with E-state index in [0.717, 1.165) is 34.3 Å². The lowest BCUT2D eigenvalue weighted by Gasteiger charge is -2.19. The summed E-state index contributed by atoms with van der Waals surface area (Å²) in [6.45, 7) is 9.52. The predicted octanol–water partition coefficient (Wildman–Crippen LogP) is 5.15. The Morgan fingerprint density at radius 2 is 1.75 bits per heavy atom. The summed E-state index contributed by atoms with van der Waals surface area (Å²) in [4.78, 5) is 0. The second-order valence-corrected chi connectivity index (χ2v) is 6.13. The summed E-state index contributed by atoms with van der Waals surface area (Å²) in [6.07, 6.45) is 1.09. The van der Waals surface area contributed by atoms with Crippen LogP contribution in [0.15, 0.2) is 12.1 Å². The maximum absolute atomic E-state index is 6.13. The largest absolute Gasteiger partial charge is 0.384 e. The Morgan fingerprint density at radius 3 is 2.31 bits per heavy atom. The first-order valence-electron chi connectivity index (χ1n) is 5.49. The number of benzene rings is 1. The molecule has 0 spiro atoms. The molecule has 0 saturated carbocycles. The quantitative estimate of drug-likeness (QED) is 0.792. The third kappa shape index (κ3) is 4.23. The molecule has 1 rings (SSSR count). The molecule has 0 fully saturated rings. The minimum atomic E-state index is 0.327. The maximum atomic E-state index is 6.13. The number of rotatable bonds is 3. The Morgan fingerprint density at radius 1 is 1.12 bits per heavy atom. The van der Waals surface area contributed by atoms with E-state index in [-0.39, 0.29) is 0 Å². The van der Waals surface area contributed by atoms with Crippen molar-refractivity contribution in [1.29, 1.82) is 0 Å². The van der Waals surface area contributed by atoms with Crippen molar-refractivity contribution in [3.8, 4) is 0 Å². The van der Waals surface area contributed by atoms with Gasteiger partial charge in [-0.1, -0.05) is 44.0 Å². The molecule has 1 N–H and O–H groups in total. The van der Waals surface area contributed by atoms with E-state index in [4.69, 9.17) is 23.2 Å². The highest BCUT2D eigenvalue weighted by Crippen LogP contribution is 2.29. The molecule has 0 aromatic heterocycles. The third-order valence-electron chi connectivity index (χ3n) is 2.44. The lowest BCUT2D eigenvalue weighted by atomic mass is 9.92. The van der Waals surface area contributed by atoms with E-state index in [2.05, 4.69) is 26.1 Å². The number of hydrogen-bond acceptors (Lipinski definition) is 1. The fraction of sp³-hybridized carbons (Fsp3) is 0.538. The van der Waals surface area contributed by atoms with E-state index < -0.39 is 0 Å². The predicted molar refractivity (Wildman–Crippen MR) is 73.8 cm³/mol. The van der Waals surface area contributed by atoms with E-state index in [1.54, 1.807) is 0 Å². The molecular formula is C13H19Cl2N. The van der Waals surface area contributed by atoms with Gasteiger partial charge in [-0.25, -0.2) is 0 Å². The van der Waals surface area contributed by atoms with Crippen LogP contribution in [-0.4, -0.2) is 6.54 Å². The molecule has 0 amide bonds. The van der Waals surface area contributed by atoms with Gasteiger partial charge < -0.3 is 5.32 Å². The van der Waals surface area contributed by atoms with Gasteiger partial charge in [0.25, 0.3) is 0 Å². The van der Waals surface area contributed by atoms with Crippen molar-refractivity contribution in [3.63, 3.8) is 0 Å². The summed E-state index contributed by atoms with van der Waals surface area (Å²) in [5.74, 6) is 0. The van der Waals surface area contributed by atoms with E-state index in [1.165, 1.54) is 0 Å². The van der Waals surface area contributed by atoms with E-state index in [9.17, 15) is 0 Å². The van der Waals surface area contributed by atoms with E-state index >= 15 is 0 Å². The van der Waals surface area contributed by atoms with Gasteiger partial charge in [-0.05, 0) is 36.5 Å². The molecule has 1 nitrogen and oxygen atoms in total. The number of anilines is 1. The lowest BCUT2D eigenvalue weighted by Crippen LogP contribution is -2.13. The van der Waals surface area contributed by atoms with Gasteiger partial charge in [0, 0.05) is 11.6 Å². The number of hydrogen-bond donors (Lipinski definition) is 1. The minimum absolute atomic E-state index is 0.327. The molecule has 90 valence electrons. The van der Waals surface area contributed by atoms with Crippen LogP contribution in [0.5, 0.6) is 0 Å². The van der Waals surface area contributed by atoms with Crippen LogP contribution in [0, 0.1) is 12.3 Å². The van der Waals surface area contributed by atoms with Gasteiger partial charge in [0.2, 0.25) is 0 Å². The fourth-order valence-corrected chi connectivity index (χ4v) is 1.80. The summed E-state index contributed by atoms with van der Waals surface area (Å²) in [5, 5.41) is 4.81. The van der Waals surface area contributed by atoms with Crippen LogP contribution in [0.1, 0.15) is 32.8 Å². The smallest absolute Gasteiger partial charge is 0.0641 e. The van der Waals surface area contributed by atoms with Crippen molar-refractivity contribution in [2.45, 2.75) is 34.1 Å². The van der Waals surface area contributed by atoms with Crippen LogP contribution in [0.3, 0.4) is 0 Å². The van der Waals surface area contributed by atoms with Crippen molar-refractivity contribution in [2.75, 3.05) is 11.9 Å². The summed E-state index contributed by atoms with van der Waals surface area (Å²) in [7, 11) is 0. The summed E-state index contributed by atoms with van der Waals surface area (Å²) in [6, 6.07) is 3.78. The van der Waals surface area contributed by atoms with Gasteiger partial charge in [-0.2, -0.15) is 0 Å². The molecule has 0 atom stereocenters. The molecule has 0 bridgehead atoms. The molecule has 0 unspecified atom stereocenters. The van der Waals surface area contributed by atoms with E-state index in [1.807, 2.05) is 19.1 Å². The Balaban J connectivity index is 2.64. The maximum Gasteiger partial charge on any atom is 0.0641 e. The van der Waals surface area contributed by atoms with Gasteiger partial charge in [0.1, 0.15) is 0 Å². The minimum Gasteiger partial charge on any atom is -0.384 e. The van der Waals surface area contributed by atoms with Gasteiger partial charge in [-0.15, -0.1) is 0 Å². The number of aryl methyl sites for hydroxylation is 1. The van der Waals surface area contributed by atoms with Crippen LogP contribution in [0.25, 0.3) is 0 Å². The average Bonchev–Trinajstić information content (AvgIpc) is 2.11. The molecule has 1 aromatic rings. The average molecular weight is 260 g/mol. The highest BCUT2D eigenvalue weighted by atomic mass is 35.5. The first-order chi connectivity index (χ1) is 7.29. The van der Waals surface area contributed by atoms with Gasteiger partial charge in [0.15, 0.2) is 0 Å². The zero-order valence-electron chi connectivity index (χ0n) is 10.3. The standard InChI is InChI=1S/C13H19Cl2N/c1-9-7-11(15)12(8-10(9)14)16-6-5-13(2,3)4/h7-8,16H,5-6H2,1-4H3. The Labute approximate surface area is 108 Å². The molecule has 0 heterocycles. The molecule has 0 aliphatic carbocycles. The SMILES string of the molecule is Cc1cc(Cl)c(NCCC(C)(C)C)cc1Cl. The zero-order valence-corrected chi connectivity index (χ0v) is 11.8. The van der Waals surface area contributed by atoms with Crippen LogP contribution in [0.2, 0.25) is 10.0 Å². The van der Waals surface area contributed by atoms with Crippen molar-refractivity contribution >= 4 is 28.9 Å². The lowest BCUT2D eigenvalue weighted by molar-refractivity contribution is 0.390. The molecule has 0 aliphatic heterocycles. The fourth-order valence-electron chi connectivity index (χ4n) is 1.35. The van der Waals surface area contributed by atoms with Crippen molar-refractivity contribution in [1.82, 2.24) is 0 Å². The zero-order chi connectivity index (χ0) is 12.3. The Bertz CT molecular complexity index is 367. The topological polar surface area (TPSA) is 12.0 Å². The molecule has 16 heavy (non-hydrogen) atoms. The van der Waals surface area contributed by atoms with Crippen LogP contribution in [0.4, 0.5) is 5.69 Å². The Kier molecular flexibility index (Phi) is 4.52. The van der Waals surface area contributed by atoms with Crippen molar-refractivity contribution < 1.29 is 0 Å². The van der Waals surface area contributed by atoms with Crippen molar-refractivity contribution in [2.24, 2.45) is 5.41 Å². The second kappa shape index (κ2) is 5.29. The van der Waals surface area contributed by atoms with Crippen LogP contribution < -0.4 is 5.32 Å². The highest BCUT2D eigenvalue weighted by molar-refractivity contribution is 6.35. The molecule has 3 heteroatoms. The van der Waals surface area contributed by atoms with Crippen LogP contribution in [-0.2, 0) is 0 Å². The van der Waals surface area contributed by atoms with Crippen LogP contribution >= 0.6 is 23.2 Å². The molecular weight excluding hydrogens is 241 g/mol. The van der Waals surface area contributed by atoms with Gasteiger partial charge in [0.05, 0.1) is 10.7 Å². The number of nitrogens with one attached hydrogen (secondary N) is 1. The molecule has 1 aromatic carbocycles. The van der Waals surface area contributed by atoms with Crippen molar-refractivity contribution in [3.05, 3.63) is 27.7 Å². The third-order valence-corrected chi connectivity index (χ3v) is 3.16. The number of halogens is 2. The summed E-state index contributed by atoms with van der Waals surface area (Å²) < 4.78 is 0. The first kappa shape index (κ1) is 13.7. The normalized spacial score (nSPS) is 11.6. The Hall–Kier alpha value is -0.400. The van der Waals surface area contributed by atoms with E-state index in [0.29, 0.717) is 5.41 Å². The highest BCUT2D eigenvalue weighted by Gasteiger charge is 2.10. The van der Waals surface area contributed by atoms with Gasteiger partial charge >= 0.3 is 0 Å². The summed E-state index contributed by atoms with van der Waals surface area (Å²) in [5.41, 5.74) is 2.25. The summed E-state index contributed by atoms with van der Waals surface area (Å²) >= 11 is 12.2. The molecule has 0 aliphatic rings. The molecule has 0 saturated heterocycles. The monoisotopic (exact) mass is 259 g/mol. The molecule has 0 radical (unpaired) electrons. The van der Waals surface area contributed by atoms with Gasteiger partial charge in [-0.3, -0.25) is 0 Å². The first-order valence-corrected chi connectivity index (χ1v) is 6.25.